The van der Waals surface area contributed by atoms with Crippen LogP contribution in [-0.4, -0.2) is 61.1 Å². The molecule has 4 aromatic rings. The second-order valence-electron chi connectivity index (χ2n) is 8.83. The second kappa shape index (κ2) is 10.6. The van der Waals surface area contributed by atoms with E-state index in [2.05, 4.69) is 30.6 Å². The number of benzene rings is 1. The minimum Gasteiger partial charge on any atom is -0.480 e. The van der Waals surface area contributed by atoms with Crippen molar-refractivity contribution in [3.63, 3.8) is 0 Å². The van der Waals surface area contributed by atoms with Crippen molar-refractivity contribution in [1.82, 2.24) is 30.2 Å². The van der Waals surface area contributed by atoms with Crippen molar-refractivity contribution in [3.8, 4) is 22.4 Å². The van der Waals surface area contributed by atoms with Crippen molar-refractivity contribution in [2.75, 3.05) is 18.4 Å². The Balaban J connectivity index is 1.50. The van der Waals surface area contributed by atoms with Crippen LogP contribution in [0, 0.1) is 0 Å². The average molecular weight is 518 g/mol. The van der Waals surface area contributed by atoms with E-state index in [1.807, 2.05) is 49.1 Å². The Morgan fingerprint density at radius 3 is 2.70 bits per heavy atom. The number of pyridine rings is 1. The number of aliphatic carboxylic acids is 1. The summed E-state index contributed by atoms with van der Waals surface area (Å²) < 4.78 is 0.911. The maximum atomic E-state index is 12.1. The number of hydrogen-bond acceptors (Lipinski definition) is 8. The Hall–Kier alpha value is -3.96. The topological polar surface area (TPSA) is 133 Å². The number of rotatable bonds is 7. The summed E-state index contributed by atoms with van der Waals surface area (Å²) in [6, 6.07) is 8.69. The molecule has 10 nitrogen and oxygen atoms in total. The number of carbonyl (C=O) groups excluding carboxylic acids is 1. The molecule has 1 aliphatic heterocycles. The minimum absolute atomic E-state index is 0.203. The van der Waals surface area contributed by atoms with E-state index in [9.17, 15) is 14.7 Å². The number of likely N-dealkylation sites (tertiary alicyclic amines) is 1. The first-order valence-corrected chi connectivity index (χ1v) is 13.0. The van der Waals surface area contributed by atoms with Crippen LogP contribution in [0.2, 0.25) is 0 Å². The summed E-state index contributed by atoms with van der Waals surface area (Å²) in [6.45, 7) is 5.03. The predicted octanol–water partition coefficient (Wildman–Crippen LogP) is 4.57. The quantitative estimate of drug-likeness (QED) is 0.325. The van der Waals surface area contributed by atoms with Crippen molar-refractivity contribution in [2.24, 2.45) is 0 Å². The molecule has 0 unspecified atom stereocenters. The molecule has 3 aromatic heterocycles. The van der Waals surface area contributed by atoms with Gasteiger partial charge in [-0.2, -0.15) is 0 Å². The normalized spacial score (nSPS) is 16.5. The maximum absolute atomic E-state index is 12.1. The number of aromatic nitrogens is 4. The van der Waals surface area contributed by atoms with Crippen LogP contribution in [-0.2, 0) is 4.79 Å². The number of fused-ring (bicyclic) bond motifs is 1. The van der Waals surface area contributed by atoms with Gasteiger partial charge < -0.3 is 10.4 Å². The number of hydrogen-bond donors (Lipinski definition) is 3. The van der Waals surface area contributed by atoms with Gasteiger partial charge in [0.2, 0.25) is 0 Å². The fourth-order valence-electron chi connectivity index (χ4n) is 4.64. The monoisotopic (exact) mass is 517 g/mol. The van der Waals surface area contributed by atoms with E-state index in [1.54, 1.807) is 18.6 Å². The van der Waals surface area contributed by atoms with Crippen LogP contribution in [0.3, 0.4) is 0 Å². The molecule has 1 saturated heterocycles. The first-order chi connectivity index (χ1) is 17.9. The van der Waals surface area contributed by atoms with Crippen molar-refractivity contribution < 1.29 is 14.7 Å². The standard InChI is InChI=1S/C26H27N7O3S/c1-3-27-25(36)32-26-31-20-12-16(11-18(22(20)37-26)19-7-4-5-9-28-19)17-13-29-23(30-14-17)15(2)33-10-6-8-21(33)24(34)35/h4-5,7,9,11-15,21H,3,6,8,10H2,1-2H3,(H,34,35)(H2,27,31,32,36)/t15-,21-/m0/s1. The number of carboxylic acid groups (broad SMARTS) is 1. The number of anilines is 1. The summed E-state index contributed by atoms with van der Waals surface area (Å²) in [6.07, 6.45) is 6.74. The van der Waals surface area contributed by atoms with Gasteiger partial charge in [0.25, 0.3) is 0 Å². The fourth-order valence-corrected chi connectivity index (χ4v) is 5.60. The fraction of sp³-hybridized carbons (Fsp3) is 0.308. The Bertz CT molecular complexity index is 1430. The highest BCUT2D eigenvalue weighted by Crippen LogP contribution is 2.38. The van der Waals surface area contributed by atoms with E-state index >= 15 is 0 Å². The summed E-state index contributed by atoms with van der Waals surface area (Å²) in [7, 11) is 0. The largest absolute Gasteiger partial charge is 0.480 e. The lowest BCUT2D eigenvalue weighted by Gasteiger charge is -2.27. The summed E-state index contributed by atoms with van der Waals surface area (Å²) in [5, 5.41) is 15.5. The summed E-state index contributed by atoms with van der Waals surface area (Å²) in [5.41, 5.74) is 4.09. The maximum Gasteiger partial charge on any atom is 0.321 e. The van der Waals surface area contributed by atoms with Crippen LogP contribution < -0.4 is 10.6 Å². The molecular formula is C26H27N7O3S. The molecule has 0 bridgehead atoms. The summed E-state index contributed by atoms with van der Waals surface area (Å²) in [4.78, 5) is 44.0. The number of thiazole rings is 1. The van der Waals surface area contributed by atoms with Gasteiger partial charge in [-0.15, -0.1) is 0 Å². The van der Waals surface area contributed by atoms with Gasteiger partial charge in [0.1, 0.15) is 11.9 Å². The first kappa shape index (κ1) is 24.7. The lowest BCUT2D eigenvalue weighted by molar-refractivity contribution is -0.142. The molecule has 190 valence electrons. The van der Waals surface area contributed by atoms with Crippen LogP contribution in [0.1, 0.15) is 38.6 Å². The molecule has 0 radical (unpaired) electrons. The van der Waals surface area contributed by atoms with Crippen molar-refractivity contribution in [1.29, 1.82) is 0 Å². The van der Waals surface area contributed by atoms with Crippen LogP contribution in [0.15, 0.2) is 48.9 Å². The van der Waals surface area contributed by atoms with Gasteiger partial charge in [-0.3, -0.25) is 20.0 Å². The van der Waals surface area contributed by atoms with Gasteiger partial charge in [-0.1, -0.05) is 17.4 Å². The Morgan fingerprint density at radius 2 is 2.00 bits per heavy atom. The Morgan fingerprint density at radius 1 is 1.19 bits per heavy atom. The SMILES string of the molecule is CCNC(=O)Nc1nc2cc(-c3cnc([C@H](C)N4CCC[C@H]4C(=O)O)nc3)cc(-c3ccccn3)c2s1. The van der Waals surface area contributed by atoms with Gasteiger partial charge in [0, 0.05) is 36.3 Å². The van der Waals surface area contributed by atoms with Crippen LogP contribution >= 0.6 is 11.3 Å². The molecule has 1 fully saturated rings. The highest BCUT2D eigenvalue weighted by Gasteiger charge is 2.35. The minimum atomic E-state index is -0.805. The lowest BCUT2D eigenvalue weighted by Crippen LogP contribution is -2.38. The van der Waals surface area contributed by atoms with E-state index < -0.39 is 12.0 Å². The molecule has 5 rings (SSSR count). The van der Waals surface area contributed by atoms with E-state index in [1.165, 1.54) is 11.3 Å². The molecule has 1 aliphatic rings. The summed E-state index contributed by atoms with van der Waals surface area (Å²) >= 11 is 1.39. The number of nitrogens with one attached hydrogen (secondary N) is 2. The van der Waals surface area contributed by atoms with Gasteiger partial charge in [-0.25, -0.2) is 19.7 Å². The third-order valence-electron chi connectivity index (χ3n) is 6.44. The molecule has 11 heteroatoms. The zero-order valence-corrected chi connectivity index (χ0v) is 21.3. The van der Waals surface area contributed by atoms with Crippen molar-refractivity contribution >= 4 is 38.7 Å². The zero-order chi connectivity index (χ0) is 25.9. The lowest BCUT2D eigenvalue weighted by atomic mass is 10.0. The van der Waals surface area contributed by atoms with Gasteiger partial charge in [-0.05, 0) is 63.1 Å². The van der Waals surface area contributed by atoms with Gasteiger partial charge in [0.05, 0.1) is 22.0 Å². The van der Waals surface area contributed by atoms with E-state index in [0.29, 0.717) is 30.5 Å². The molecule has 0 saturated carbocycles. The molecule has 4 heterocycles. The predicted molar refractivity (Wildman–Crippen MR) is 142 cm³/mol. The zero-order valence-electron chi connectivity index (χ0n) is 20.5. The van der Waals surface area contributed by atoms with Gasteiger partial charge in [0.15, 0.2) is 5.13 Å². The van der Waals surface area contributed by atoms with Crippen LogP contribution in [0.25, 0.3) is 32.6 Å². The Labute approximate surface area is 217 Å². The van der Waals surface area contributed by atoms with E-state index in [4.69, 9.17) is 0 Å². The highest BCUT2D eigenvalue weighted by molar-refractivity contribution is 7.22. The van der Waals surface area contributed by atoms with Crippen molar-refractivity contribution in [2.45, 2.75) is 38.8 Å². The number of carbonyl (C=O) groups is 2. The molecule has 3 N–H and O–H groups in total. The third kappa shape index (κ3) is 5.13. The molecule has 2 atom stereocenters. The third-order valence-corrected chi connectivity index (χ3v) is 7.46. The number of carboxylic acids is 1. The molecule has 37 heavy (non-hydrogen) atoms. The van der Waals surface area contributed by atoms with Crippen LogP contribution in [0.5, 0.6) is 0 Å². The average Bonchev–Trinajstić information content (AvgIpc) is 3.55. The van der Waals surface area contributed by atoms with Crippen molar-refractivity contribution in [3.05, 3.63) is 54.7 Å². The first-order valence-electron chi connectivity index (χ1n) is 12.2. The number of urea groups is 1. The smallest absolute Gasteiger partial charge is 0.321 e. The van der Waals surface area contributed by atoms with E-state index in [-0.39, 0.29) is 12.1 Å². The molecule has 1 aromatic carbocycles. The molecule has 2 amide bonds. The Kier molecular flexibility index (Phi) is 7.06. The van der Waals surface area contributed by atoms with Crippen LogP contribution in [0.4, 0.5) is 9.93 Å². The second-order valence-corrected chi connectivity index (χ2v) is 9.83. The van der Waals surface area contributed by atoms with E-state index in [0.717, 1.165) is 39.0 Å². The number of nitrogens with zero attached hydrogens (tertiary/aromatic N) is 5. The summed E-state index contributed by atoms with van der Waals surface area (Å²) in [5.74, 6) is -0.217. The highest BCUT2D eigenvalue weighted by atomic mass is 32.1. The van der Waals surface area contributed by atoms with Gasteiger partial charge >= 0.3 is 12.0 Å². The molecule has 0 spiro atoms. The number of amides is 2. The molecular weight excluding hydrogens is 490 g/mol. The molecule has 0 aliphatic carbocycles.